The van der Waals surface area contributed by atoms with E-state index in [1.165, 1.54) is 6.42 Å². The fraction of sp³-hybridized carbons (Fsp3) is 0.625. The molecule has 1 aliphatic carbocycles. The lowest BCUT2D eigenvalue weighted by atomic mass is 9.71. The maximum absolute atomic E-state index is 10.7. The molecule has 2 atom stereocenters. The molecule has 0 radical (unpaired) electrons. The van der Waals surface area contributed by atoms with Crippen LogP contribution in [0.3, 0.4) is 0 Å². The maximum atomic E-state index is 10.7. The van der Waals surface area contributed by atoms with E-state index in [9.17, 15) is 10.2 Å². The average Bonchev–Trinajstić information content (AvgIpc) is 2.46. The number of halogens is 1. The van der Waals surface area contributed by atoms with Crippen molar-refractivity contribution in [2.75, 3.05) is 18.0 Å². The van der Waals surface area contributed by atoms with Crippen molar-refractivity contribution in [1.29, 1.82) is 0 Å². The Morgan fingerprint density at radius 2 is 2.15 bits per heavy atom. The topological polar surface area (TPSA) is 43.7 Å². The Balaban J connectivity index is 1.84. The zero-order valence-electron chi connectivity index (χ0n) is 11.7. The van der Waals surface area contributed by atoms with Crippen molar-refractivity contribution in [1.82, 2.24) is 0 Å². The van der Waals surface area contributed by atoms with E-state index in [1.807, 2.05) is 18.2 Å². The molecule has 110 valence electrons. The minimum absolute atomic E-state index is 0.0412. The van der Waals surface area contributed by atoms with Crippen LogP contribution in [0.25, 0.3) is 0 Å². The van der Waals surface area contributed by atoms with Gasteiger partial charge in [0.05, 0.1) is 12.2 Å². The van der Waals surface area contributed by atoms with Crippen LogP contribution >= 0.6 is 11.6 Å². The first-order valence-electron chi connectivity index (χ1n) is 7.49. The lowest BCUT2D eigenvalue weighted by molar-refractivity contribution is -0.0612. The maximum Gasteiger partial charge on any atom is 0.0716 e. The van der Waals surface area contributed by atoms with Crippen LogP contribution in [0.15, 0.2) is 18.2 Å². The van der Waals surface area contributed by atoms with Gasteiger partial charge >= 0.3 is 0 Å². The van der Waals surface area contributed by atoms with Gasteiger partial charge in [0.25, 0.3) is 0 Å². The first-order valence-corrected chi connectivity index (χ1v) is 7.87. The second-order valence-electron chi connectivity index (χ2n) is 6.14. The minimum Gasteiger partial charge on any atom is -0.392 e. The van der Waals surface area contributed by atoms with Gasteiger partial charge in [0, 0.05) is 35.3 Å². The number of hydrogen-bond donors (Lipinski definition) is 2. The fourth-order valence-corrected chi connectivity index (χ4v) is 4.02. The zero-order valence-corrected chi connectivity index (χ0v) is 12.4. The van der Waals surface area contributed by atoms with Crippen molar-refractivity contribution in [3.05, 3.63) is 28.8 Å². The molecule has 1 saturated heterocycles. The number of benzene rings is 1. The molecule has 2 unspecified atom stereocenters. The van der Waals surface area contributed by atoms with Gasteiger partial charge in [0.15, 0.2) is 0 Å². The van der Waals surface area contributed by atoms with Gasteiger partial charge in [0.2, 0.25) is 0 Å². The van der Waals surface area contributed by atoms with E-state index in [4.69, 9.17) is 11.6 Å². The van der Waals surface area contributed by atoms with Crippen LogP contribution in [0.5, 0.6) is 0 Å². The molecule has 2 aliphatic rings. The van der Waals surface area contributed by atoms with Gasteiger partial charge in [-0.3, -0.25) is 0 Å². The third kappa shape index (κ3) is 2.43. The summed E-state index contributed by atoms with van der Waals surface area (Å²) < 4.78 is 0. The van der Waals surface area contributed by atoms with Crippen LogP contribution in [0.4, 0.5) is 5.69 Å². The Labute approximate surface area is 125 Å². The normalized spacial score (nSPS) is 30.1. The summed E-state index contributed by atoms with van der Waals surface area (Å²) in [6, 6.07) is 5.76. The number of aliphatic hydroxyl groups excluding tert-OH is 1. The standard InChI is InChI=1S/C16H22ClNO2/c17-14-5-3-6-15(13(14)11-19)18-9-8-16(20)7-2-1-4-12(16)10-18/h3,5-6,12,19-20H,1-2,4,7-11H2. The van der Waals surface area contributed by atoms with E-state index in [-0.39, 0.29) is 6.61 Å². The molecule has 2 fully saturated rings. The van der Waals surface area contributed by atoms with Gasteiger partial charge in [-0.1, -0.05) is 30.5 Å². The Kier molecular flexibility index (Phi) is 3.93. The van der Waals surface area contributed by atoms with E-state index in [2.05, 4.69) is 4.90 Å². The van der Waals surface area contributed by atoms with Crippen molar-refractivity contribution in [2.24, 2.45) is 5.92 Å². The molecule has 0 bridgehead atoms. The third-order valence-corrected chi connectivity index (χ3v) is 5.37. The molecule has 1 saturated carbocycles. The monoisotopic (exact) mass is 295 g/mol. The summed E-state index contributed by atoms with van der Waals surface area (Å²) in [7, 11) is 0. The highest BCUT2D eigenvalue weighted by atomic mass is 35.5. The second kappa shape index (κ2) is 5.55. The quantitative estimate of drug-likeness (QED) is 0.881. The Hall–Kier alpha value is -0.770. The summed E-state index contributed by atoms with van der Waals surface area (Å²) in [5.74, 6) is 0.343. The number of piperidine rings is 1. The molecule has 3 rings (SSSR count). The fourth-order valence-electron chi connectivity index (χ4n) is 3.79. The predicted octanol–water partition coefficient (Wildman–Crippen LogP) is 2.96. The Bertz CT molecular complexity index is 493. The third-order valence-electron chi connectivity index (χ3n) is 5.02. The van der Waals surface area contributed by atoms with Crippen LogP contribution < -0.4 is 4.90 Å². The summed E-state index contributed by atoms with van der Waals surface area (Å²) in [5.41, 5.74) is 1.36. The number of fused-ring (bicyclic) bond motifs is 1. The molecule has 4 heteroatoms. The minimum atomic E-state index is -0.466. The highest BCUT2D eigenvalue weighted by Gasteiger charge is 2.43. The van der Waals surface area contributed by atoms with Gasteiger partial charge in [-0.15, -0.1) is 0 Å². The SMILES string of the molecule is OCc1c(Cl)cccc1N1CCC2(O)CCCCC2C1. The van der Waals surface area contributed by atoms with Gasteiger partial charge < -0.3 is 15.1 Å². The first-order chi connectivity index (χ1) is 9.64. The van der Waals surface area contributed by atoms with Gasteiger partial charge in [-0.25, -0.2) is 0 Å². The highest BCUT2D eigenvalue weighted by Crippen LogP contribution is 2.41. The lowest BCUT2D eigenvalue weighted by Gasteiger charge is -2.48. The predicted molar refractivity (Wildman–Crippen MR) is 81.1 cm³/mol. The summed E-state index contributed by atoms with van der Waals surface area (Å²) in [6.45, 7) is 1.66. The molecule has 0 aromatic heterocycles. The number of nitrogens with zero attached hydrogens (tertiary/aromatic N) is 1. The lowest BCUT2D eigenvalue weighted by Crippen LogP contribution is -2.53. The number of hydrogen-bond acceptors (Lipinski definition) is 3. The molecule has 0 amide bonds. The van der Waals surface area contributed by atoms with Crippen molar-refractivity contribution in [3.8, 4) is 0 Å². The summed E-state index contributed by atoms with van der Waals surface area (Å²) >= 11 is 6.18. The second-order valence-corrected chi connectivity index (χ2v) is 6.55. The van der Waals surface area contributed by atoms with E-state index in [0.29, 0.717) is 10.9 Å². The largest absolute Gasteiger partial charge is 0.392 e. The van der Waals surface area contributed by atoms with E-state index < -0.39 is 5.60 Å². The van der Waals surface area contributed by atoms with Crippen LogP contribution in [0.1, 0.15) is 37.7 Å². The molecule has 3 nitrogen and oxygen atoms in total. The van der Waals surface area contributed by atoms with Crippen molar-refractivity contribution in [2.45, 2.75) is 44.3 Å². The molecule has 2 N–H and O–H groups in total. The highest BCUT2D eigenvalue weighted by molar-refractivity contribution is 6.31. The van der Waals surface area contributed by atoms with Gasteiger partial charge in [0.1, 0.15) is 0 Å². The summed E-state index contributed by atoms with van der Waals surface area (Å²) in [4.78, 5) is 2.28. The number of aliphatic hydroxyl groups is 2. The molecule has 1 aliphatic heterocycles. The Morgan fingerprint density at radius 1 is 1.30 bits per heavy atom. The number of rotatable bonds is 2. The molecular formula is C16H22ClNO2. The molecule has 1 aromatic carbocycles. The van der Waals surface area contributed by atoms with Crippen LogP contribution in [0, 0.1) is 5.92 Å². The molecular weight excluding hydrogens is 274 g/mol. The van der Waals surface area contributed by atoms with E-state index in [1.54, 1.807) is 0 Å². The van der Waals surface area contributed by atoms with E-state index in [0.717, 1.165) is 50.0 Å². The first kappa shape index (κ1) is 14.2. The van der Waals surface area contributed by atoms with Crippen molar-refractivity contribution < 1.29 is 10.2 Å². The van der Waals surface area contributed by atoms with Crippen molar-refractivity contribution >= 4 is 17.3 Å². The van der Waals surface area contributed by atoms with E-state index >= 15 is 0 Å². The summed E-state index contributed by atoms with van der Waals surface area (Å²) in [5, 5.41) is 20.9. The molecule has 20 heavy (non-hydrogen) atoms. The Morgan fingerprint density at radius 3 is 2.95 bits per heavy atom. The molecule has 0 spiro atoms. The number of anilines is 1. The van der Waals surface area contributed by atoms with Crippen LogP contribution in [0.2, 0.25) is 5.02 Å². The zero-order chi connectivity index (χ0) is 14.2. The average molecular weight is 296 g/mol. The van der Waals surface area contributed by atoms with Crippen molar-refractivity contribution in [3.63, 3.8) is 0 Å². The van der Waals surface area contributed by atoms with Gasteiger partial charge in [-0.2, -0.15) is 0 Å². The van der Waals surface area contributed by atoms with Gasteiger partial charge in [-0.05, 0) is 31.4 Å². The summed E-state index contributed by atoms with van der Waals surface area (Å²) in [6.07, 6.45) is 5.21. The molecule has 1 heterocycles. The smallest absolute Gasteiger partial charge is 0.0716 e. The van der Waals surface area contributed by atoms with Crippen LogP contribution in [-0.4, -0.2) is 28.9 Å². The molecule has 1 aromatic rings. The van der Waals surface area contributed by atoms with Crippen LogP contribution in [-0.2, 0) is 6.61 Å².